The number of nitrogens with zero attached hydrogens (tertiary/aromatic N) is 3. The summed E-state index contributed by atoms with van der Waals surface area (Å²) in [6.45, 7) is 2.03. The van der Waals surface area contributed by atoms with E-state index in [1.54, 1.807) is 18.2 Å². The van der Waals surface area contributed by atoms with Crippen molar-refractivity contribution in [3.05, 3.63) is 35.5 Å². The molecule has 7 heteroatoms. The van der Waals surface area contributed by atoms with Gasteiger partial charge in [0.1, 0.15) is 6.07 Å². The minimum Gasteiger partial charge on any atom is -0.267 e. The van der Waals surface area contributed by atoms with E-state index in [2.05, 4.69) is 11.2 Å². The number of nitriles is 1. The molecule has 0 fully saturated rings. The second-order valence-electron chi connectivity index (χ2n) is 4.71. The lowest BCUT2D eigenvalue weighted by Crippen LogP contribution is -2.06. The second-order valence-corrected chi connectivity index (χ2v) is 5.84. The summed E-state index contributed by atoms with van der Waals surface area (Å²) in [6, 6.07) is 8.15. The third-order valence-corrected chi connectivity index (χ3v) is 4.29. The molecule has 0 bridgehead atoms. The Labute approximate surface area is 130 Å². The molecule has 0 amide bonds. The summed E-state index contributed by atoms with van der Waals surface area (Å²) in [4.78, 5) is 0.775. The van der Waals surface area contributed by atoms with Crippen LogP contribution in [0.15, 0.2) is 29.2 Å². The summed E-state index contributed by atoms with van der Waals surface area (Å²) in [7, 11) is 1.47. The Hall–Kier alpha value is -1.94. The highest BCUT2D eigenvalue weighted by Gasteiger charge is 2.34. The van der Waals surface area contributed by atoms with Gasteiger partial charge in [0.2, 0.25) is 0 Å². The Balaban J connectivity index is 2.45. The average molecular weight is 325 g/mol. The topological polar surface area (TPSA) is 41.6 Å². The molecule has 3 nitrogen and oxygen atoms in total. The third-order valence-electron chi connectivity index (χ3n) is 3.03. The van der Waals surface area contributed by atoms with Crippen LogP contribution >= 0.6 is 11.8 Å². The molecule has 2 rings (SSSR count). The number of hydrogen-bond acceptors (Lipinski definition) is 3. The molecule has 1 aromatic heterocycles. The number of thioether (sulfide) groups is 1. The van der Waals surface area contributed by atoms with Crippen LogP contribution in [-0.2, 0) is 13.2 Å². The van der Waals surface area contributed by atoms with E-state index in [9.17, 15) is 13.2 Å². The van der Waals surface area contributed by atoms with Crippen molar-refractivity contribution < 1.29 is 13.2 Å². The van der Waals surface area contributed by atoms with Gasteiger partial charge in [-0.2, -0.15) is 23.5 Å². The predicted octanol–water partition coefficient (Wildman–Crippen LogP) is 4.48. The number of alkyl halides is 3. The molecule has 0 radical (unpaired) electrons. The largest absolute Gasteiger partial charge is 0.435 e. The van der Waals surface area contributed by atoms with Gasteiger partial charge in [0.05, 0.1) is 11.3 Å². The number of rotatable bonds is 4. The first kappa shape index (κ1) is 16.4. The number of halogens is 3. The fraction of sp³-hybridized carbons (Fsp3) is 0.333. The van der Waals surface area contributed by atoms with Crippen molar-refractivity contribution in [1.29, 1.82) is 5.26 Å². The highest BCUT2D eigenvalue weighted by Crippen LogP contribution is 2.33. The van der Waals surface area contributed by atoms with Crippen LogP contribution in [-0.4, -0.2) is 15.5 Å². The maximum Gasteiger partial charge on any atom is 0.435 e. The van der Waals surface area contributed by atoms with E-state index in [1.165, 1.54) is 23.5 Å². The number of hydrogen-bond donors (Lipinski definition) is 0. The zero-order valence-corrected chi connectivity index (χ0v) is 12.9. The van der Waals surface area contributed by atoms with Crippen molar-refractivity contribution in [3.63, 3.8) is 0 Å². The van der Waals surface area contributed by atoms with Gasteiger partial charge in [-0.3, -0.25) is 4.68 Å². The van der Waals surface area contributed by atoms with Crippen LogP contribution in [0.3, 0.4) is 0 Å². The fourth-order valence-corrected chi connectivity index (χ4v) is 2.88. The smallest absolute Gasteiger partial charge is 0.267 e. The molecule has 0 aliphatic rings. The maximum atomic E-state index is 12.7. The fourth-order valence-electron chi connectivity index (χ4n) is 1.98. The van der Waals surface area contributed by atoms with E-state index in [0.29, 0.717) is 16.8 Å². The second kappa shape index (κ2) is 6.44. The van der Waals surface area contributed by atoms with Crippen LogP contribution in [0.25, 0.3) is 11.3 Å². The van der Waals surface area contributed by atoms with Crippen LogP contribution in [0.4, 0.5) is 13.2 Å². The van der Waals surface area contributed by atoms with Crippen molar-refractivity contribution in [3.8, 4) is 17.3 Å². The van der Waals surface area contributed by atoms with E-state index in [0.717, 1.165) is 23.1 Å². The summed E-state index contributed by atoms with van der Waals surface area (Å²) >= 11 is 1.52. The van der Waals surface area contributed by atoms with Crippen molar-refractivity contribution in [2.24, 2.45) is 7.05 Å². The lowest BCUT2D eigenvalue weighted by atomic mass is 10.1. The third kappa shape index (κ3) is 3.45. The Bertz CT molecular complexity index is 714. The first-order valence-corrected chi connectivity index (χ1v) is 7.64. The van der Waals surface area contributed by atoms with Gasteiger partial charge in [-0.1, -0.05) is 13.0 Å². The summed E-state index contributed by atoms with van der Waals surface area (Å²) in [5.74, 6) is 0.845. The summed E-state index contributed by atoms with van der Waals surface area (Å²) in [6.07, 6.45) is -3.52. The Kier molecular flexibility index (Phi) is 4.81. The van der Waals surface area contributed by atoms with E-state index >= 15 is 0 Å². The Morgan fingerprint density at radius 3 is 2.59 bits per heavy atom. The summed E-state index contributed by atoms with van der Waals surface area (Å²) < 4.78 is 39.4. The van der Waals surface area contributed by atoms with Crippen LogP contribution in [0, 0.1) is 11.3 Å². The molecule has 1 aromatic carbocycles. The van der Waals surface area contributed by atoms with Crippen LogP contribution in [0.2, 0.25) is 0 Å². The van der Waals surface area contributed by atoms with Crippen LogP contribution < -0.4 is 0 Å². The zero-order valence-electron chi connectivity index (χ0n) is 12.1. The molecule has 0 saturated carbocycles. The van der Waals surface area contributed by atoms with E-state index in [-0.39, 0.29) is 0 Å². The first-order chi connectivity index (χ1) is 10.4. The Morgan fingerprint density at radius 1 is 1.32 bits per heavy atom. The molecule has 22 heavy (non-hydrogen) atoms. The minimum absolute atomic E-state index is 0.371. The molecule has 116 valence electrons. The average Bonchev–Trinajstić information content (AvgIpc) is 2.87. The maximum absolute atomic E-state index is 12.7. The normalized spacial score (nSPS) is 11.5. The van der Waals surface area contributed by atoms with Crippen molar-refractivity contribution in [2.75, 3.05) is 5.75 Å². The van der Waals surface area contributed by atoms with E-state index in [4.69, 9.17) is 5.26 Å². The standard InChI is InChI=1S/C15H14F3N3S/c1-3-6-22-13-7-10(4-5-11(13)9-19)12-8-14(15(16,17)18)20-21(12)2/h4-5,7-8H,3,6H2,1-2H3. The highest BCUT2D eigenvalue weighted by molar-refractivity contribution is 7.99. The first-order valence-electron chi connectivity index (χ1n) is 6.65. The number of benzene rings is 1. The van der Waals surface area contributed by atoms with Gasteiger partial charge >= 0.3 is 6.18 Å². The van der Waals surface area contributed by atoms with Gasteiger partial charge in [-0.25, -0.2) is 0 Å². The zero-order chi connectivity index (χ0) is 16.3. The molecule has 0 aliphatic carbocycles. The molecule has 0 unspecified atom stereocenters. The lowest BCUT2D eigenvalue weighted by molar-refractivity contribution is -0.141. The monoisotopic (exact) mass is 325 g/mol. The molecule has 2 aromatic rings. The van der Waals surface area contributed by atoms with Gasteiger partial charge in [-0.15, -0.1) is 11.8 Å². The van der Waals surface area contributed by atoms with Crippen LogP contribution in [0.1, 0.15) is 24.6 Å². The van der Waals surface area contributed by atoms with Crippen molar-refractivity contribution in [1.82, 2.24) is 9.78 Å². The number of aryl methyl sites for hydroxylation is 1. The lowest BCUT2D eigenvalue weighted by Gasteiger charge is -2.07. The van der Waals surface area contributed by atoms with Gasteiger partial charge in [0.25, 0.3) is 0 Å². The van der Waals surface area contributed by atoms with Gasteiger partial charge < -0.3 is 0 Å². The minimum atomic E-state index is -4.47. The van der Waals surface area contributed by atoms with Gasteiger partial charge in [0.15, 0.2) is 5.69 Å². The van der Waals surface area contributed by atoms with E-state index in [1.807, 2.05) is 6.92 Å². The van der Waals surface area contributed by atoms with Gasteiger partial charge in [-0.05, 0) is 30.4 Å². The van der Waals surface area contributed by atoms with Gasteiger partial charge in [0, 0.05) is 17.5 Å². The molecule has 0 spiro atoms. The molecule has 0 saturated heterocycles. The summed E-state index contributed by atoms with van der Waals surface area (Å²) in [5.41, 5.74) is 0.593. The molecule has 0 aliphatic heterocycles. The molecule has 0 N–H and O–H groups in total. The van der Waals surface area contributed by atoms with Crippen molar-refractivity contribution in [2.45, 2.75) is 24.4 Å². The molecular weight excluding hydrogens is 311 g/mol. The van der Waals surface area contributed by atoms with Crippen molar-refractivity contribution >= 4 is 11.8 Å². The van der Waals surface area contributed by atoms with Crippen LogP contribution in [0.5, 0.6) is 0 Å². The summed E-state index contributed by atoms with van der Waals surface area (Å²) in [5, 5.41) is 12.6. The Morgan fingerprint density at radius 2 is 2.05 bits per heavy atom. The molecular formula is C15H14F3N3S. The van der Waals surface area contributed by atoms with E-state index < -0.39 is 11.9 Å². The molecule has 0 atom stereocenters. The molecule has 1 heterocycles. The quantitative estimate of drug-likeness (QED) is 0.778. The highest BCUT2D eigenvalue weighted by atomic mass is 32.2. The SMILES string of the molecule is CCCSc1cc(-c2cc(C(F)(F)F)nn2C)ccc1C#N. The predicted molar refractivity (Wildman–Crippen MR) is 79.4 cm³/mol. The number of aromatic nitrogens is 2.